The average Bonchev–Trinajstić information content (AvgIpc) is 3.10. The van der Waals surface area contributed by atoms with E-state index in [1.165, 1.54) is 6.21 Å². The topological polar surface area (TPSA) is 89.0 Å². The van der Waals surface area contributed by atoms with E-state index in [-0.39, 0.29) is 31.4 Å². The van der Waals surface area contributed by atoms with Gasteiger partial charge >= 0.3 is 0 Å². The first-order valence-electron chi connectivity index (χ1n) is 7.87. The number of ether oxygens (including phenoxy) is 2. The number of rotatable bonds is 6. The Hall–Kier alpha value is -2.87. The van der Waals surface area contributed by atoms with Crippen LogP contribution in [0.15, 0.2) is 52.0 Å². The minimum absolute atomic E-state index is 0.0425. The Kier molecular flexibility index (Phi) is 5.85. The second-order valence-electron chi connectivity index (χ2n) is 5.46. The fourth-order valence-corrected chi connectivity index (χ4v) is 2.48. The van der Waals surface area contributed by atoms with E-state index in [9.17, 15) is 9.59 Å². The Balaban J connectivity index is 1.41. The maximum absolute atomic E-state index is 11.8. The zero-order valence-electron chi connectivity index (χ0n) is 13.7. The largest absolute Gasteiger partial charge is 0.454 e. The first-order valence-corrected chi connectivity index (χ1v) is 8.66. The summed E-state index contributed by atoms with van der Waals surface area (Å²) in [6, 6.07) is 12.5. The lowest BCUT2D eigenvalue weighted by atomic mass is 10.2. The van der Waals surface area contributed by atoms with Crippen molar-refractivity contribution in [2.24, 2.45) is 5.10 Å². The van der Waals surface area contributed by atoms with Crippen LogP contribution < -0.4 is 20.2 Å². The van der Waals surface area contributed by atoms with Crippen LogP contribution >= 0.6 is 15.9 Å². The Morgan fingerprint density at radius 2 is 1.77 bits per heavy atom. The van der Waals surface area contributed by atoms with Gasteiger partial charge in [0.25, 0.3) is 0 Å². The second-order valence-corrected chi connectivity index (χ2v) is 6.38. The summed E-state index contributed by atoms with van der Waals surface area (Å²) < 4.78 is 11.4. The minimum Gasteiger partial charge on any atom is -0.454 e. The molecule has 0 radical (unpaired) electrons. The molecule has 0 saturated heterocycles. The van der Waals surface area contributed by atoms with Gasteiger partial charge in [0.1, 0.15) is 0 Å². The first-order chi connectivity index (χ1) is 12.6. The predicted octanol–water partition coefficient (Wildman–Crippen LogP) is 3.05. The molecular formula is C18H16BrN3O4. The highest BCUT2D eigenvalue weighted by Crippen LogP contribution is 2.31. The average molecular weight is 418 g/mol. The number of fused-ring (bicyclic) bond motifs is 1. The van der Waals surface area contributed by atoms with Gasteiger partial charge in [-0.3, -0.25) is 9.59 Å². The van der Waals surface area contributed by atoms with Crippen LogP contribution in [0.25, 0.3) is 0 Å². The molecule has 0 unspecified atom stereocenters. The fraction of sp³-hybridized carbons (Fsp3) is 0.167. The molecule has 1 aliphatic rings. The number of amides is 2. The third kappa shape index (κ3) is 5.06. The SMILES string of the molecule is O=C(CCC(=O)Nc1ccc(Br)cc1)NN=Cc1ccc2c(c1)OCO2. The van der Waals surface area contributed by atoms with Crippen LogP contribution in [0, 0.1) is 0 Å². The molecule has 0 saturated carbocycles. The lowest BCUT2D eigenvalue weighted by Gasteiger charge is -2.05. The van der Waals surface area contributed by atoms with Crippen LogP contribution in [0.4, 0.5) is 5.69 Å². The van der Waals surface area contributed by atoms with Gasteiger partial charge in [-0.1, -0.05) is 15.9 Å². The molecule has 0 spiro atoms. The highest BCUT2D eigenvalue weighted by molar-refractivity contribution is 9.10. The van der Waals surface area contributed by atoms with Crippen molar-refractivity contribution >= 4 is 39.6 Å². The predicted molar refractivity (Wildman–Crippen MR) is 100 cm³/mol. The Labute approximate surface area is 158 Å². The molecule has 3 rings (SSSR count). The number of hydrazone groups is 1. The molecule has 2 aromatic carbocycles. The second kappa shape index (κ2) is 8.48. The molecule has 8 heteroatoms. The number of benzene rings is 2. The van der Waals surface area contributed by atoms with Crippen LogP contribution in [0.5, 0.6) is 11.5 Å². The lowest BCUT2D eigenvalue weighted by molar-refractivity contribution is -0.124. The molecule has 0 aliphatic carbocycles. The summed E-state index contributed by atoms with van der Waals surface area (Å²) in [7, 11) is 0. The third-order valence-corrected chi connectivity index (χ3v) is 4.04. The highest BCUT2D eigenvalue weighted by Gasteiger charge is 2.12. The normalized spacial score (nSPS) is 12.2. The maximum Gasteiger partial charge on any atom is 0.240 e. The van der Waals surface area contributed by atoms with E-state index in [0.717, 1.165) is 10.0 Å². The summed E-state index contributed by atoms with van der Waals surface area (Å²) in [6.45, 7) is 0.203. The van der Waals surface area contributed by atoms with E-state index in [0.29, 0.717) is 17.2 Å². The number of nitrogens with zero attached hydrogens (tertiary/aromatic N) is 1. The van der Waals surface area contributed by atoms with Gasteiger partial charge in [-0.25, -0.2) is 5.43 Å². The standard InChI is InChI=1S/C18H16BrN3O4/c19-13-2-4-14(5-3-13)21-17(23)7-8-18(24)22-20-10-12-1-6-15-16(9-12)26-11-25-15/h1-6,9-10H,7-8,11H2,(H,21,23)(H,22,24). The summed E-state index contributed by atoms with van der Waals surface area (Å²) in [4.78, 5) is 23.6. The van der Waals surface area contributed by atoms with E-state index in [1.807, 2.05) is 12.1 Å². The van der Waals surface area contributed by atoms with Crippen LogP contribution in [-0.4, -0.2) is 24.8 Å². The van der Waals surface area contributed by atoms with Crippen LogP contribution in [0.3, 0.4) is 0 Å². The van der Waals surface area contributed by atoms with Gasteiger partial charge in [0, 0.05) is 23.0 Å². The molecule has 0 bridgehead atoms. The highest BCUT2D eigenvalue weighted by atomic mass is 79.9. The Bertz CT molecular complexity index is 837. The smallest absolute Gasteiger partial charge is 0.240 e. The van der Waals surface area contributed by atoms with Crippen molar-refractivity contribution in [1.82, 2.24) is 5.43 Å². The van der Waals surface area contributed by atoms with Gasteiger partial charge in [-0.2, -0.15) is 5.10 Å². The summed E-state index contributed by atoms with van der Waals surface area (Å²) >= 11 is 3.32. The Morgan fingerprint density at radius 1 is 1.04 bits per heavy atom. The number of anilines is 1. The van der Waals surface area contributed by atoms with E-state index < -0.39 is 0 Å². The molecule has 7 nitrogen and oxygen atoms in total. The monoisotopic (exact) mass is 417 g/mol. The van der Waals surface area contributed by atoms with E-state index in [2.05, 4.69) is 31.8 Å². The lowest BCUT2D eigenvalue weighted by Crippen LogP contribution is -2.20. The molecule has 26 heavy (non-hydrogen) atoms. The van der Waals surface area contributed by atoms with Gasteiger partial charge in [-0.15, -0.1) is 0 Å². The van der Waals surface area contributed by atoms with Crippen LogP contribution in [0.2, 0.25) is 0 Å². The minimum atomic E-state index is -0.340. The van der Waals surface area contributed by atoms with Crippen molar-refractivity contribution in [2.45, 2.75) is 12.8 Å². The first kappa shape index (κ1) is 17.9. The molecule has 2 amide bonds. The van der Waals surface area contributed by atoms with Crippen molar-refractivity contribution in [3.8, 4) is 11.5 Å². The molecule has 1 aliphatic heterocycles. The molecular weight excluding hydrogens is 402 g/mol. The van der Waals surface area contributed by atoms with Gasteiger partial charge in [0.15, 0.2) is 11.5 Å². The summed E-state index contributed by atoms with van der Waals surface area (Å²) in [5, 5.41) is 6.61. The summed E-state index contributed by atoms with van der Waals surface area (Å²) in [6.07, 6.45) is 1.62. The third-order valence-electron chi connectivity index (χ3n) is 3.51. The number of nitrogens with one attached hydrogen (secondary N) is 2. The number of hydrogen-bond acceptors (Lipinski definition) is 5. The van der Waals surface area contributed by atoms with Gasteiger partial charge in [0.2, 0.25) is 18.6 Å². The van der Waals surface area contributed by atoms with Crippen LogP contribution in [0.1, 0.15) is 18.4 Å². The molecule has 1 heterocycles. The van der Waals surface area contributed by atoms with Gasteiger partial charge in [-0.05, 0) is 48.0 Å². The number of carbonyl (C=O) groups excluding carboxylic acids is 2. The van der Waals surface area contributed by atoms with E-state index >= 15 is 0 Å². The van der Waals surface area contributed by atoms with Crippen molar-refractivity contribution in [3.63, 3.8) is 0 Å². The molecule has 0 atom stereocenters. The number of hydrogen-bond donors (Lipinski definition) is 2. The maximum atomic E-state index is 11.8. The van der Waals surface area contributed by atoms with Gasteiger partial charge in [0.05, 0.1) is 6.21 Å². The molecule has 2 aromatic rings. The zero-order valence-corrected chi connectivity index (χ0v) is 15.3. The molecule has 134 valence electrons. The zero-order chi connectivity index (χ0) is 18.4. The number of carbonyl (C=O) groups is 2. The van der Waals surface area contributed by atoms with Gasteiger partial charge < -0.3 is 14.8 Å². The van der Waals surface area contributed by atoms with Crippen molar-refractivity contribution < 1.29 is 19.1 Å². The van der Waals surface area contributed by atoms with Crippen molar-refractivity contribution in [3.05, 3.63) is 52.5 Å². The molecule has 2 N–H and O–H groups in total. The van der Waals surface area contributed by atoms with Crippen LogP contribution in [-0.2, 0) is 9.59 Å². The molecule has 0 fully saturated rings. The summed E-state index contributed by atoms with van der Waals surface area (Å²) in [5.41, 5.74) is 3.84. The number of halogens is 1. The quantitative estimate of drug-likeness (QED) is 0.558. The summed E-state index contributed by atoms with van der Waals surface area (Å²) in [5.74, 6) is 0.753. The van der Waals surface area contributed by atoms with E-state index in [1.54, 1.807) is 30.3 Å². The molecule has 0 aromatic heterocycles. The fourth-order valence-electron chi connectivity index (χ4n) is 2.21. The van der Waals surface area contributed by atoms with Crippen molar-refractivity contribution in [1.29, 1.82) is 0 Å². The van der Waals surface area contributed by atoms with Crippen molar-refractivity contribution in [2.75, 3.05) is 12.1 Å². The Morgan fingerprint density at radius 3 is 2.58 bits per heavy atom. The van der Waals surface area contributed by atoms with E-state index in [4.69, 9.17) is 9.47 Å².